The Bertz CT molecular complexity index is 812. The van der Waals surface area contributed by atoms with Crippen LogP contribution in [0.4, 0.5) is 0 Å². The third-order valence-electron chi connectivity index (χ3n) is 4.42. The van der Waals surface area contributed by atoms with Gasteiger partial charge in [-0.1, -0.05) is 57.9 Å². The summed E-state index contributed by atoms with van der Waals surface area (Å²) in [6.07, 6.45) is 0.157. The average Bonchev–Trinajstić information content (AvgIpc) is 2.62. The van der Waals surface area contributed by atoms with Gasteiger partial charge < -0.3 is 15.5 Å². The van der Waals surface area contributed by atoms with E-state index >= 15 is 0 Å². The van der Waals surface area contributed by atoms with Gasteiger partial charge in [0.1, 0.15) is 0 Å². The number of carbonyl (C=O) groups excluding carboxylic acids is 2. The molecule has 0 aliphatic carbocycles. The van der Waals surface area contributed by atoms with Crippen LogP contribution in [0.5, 0.6) is 0 Å². The van der Waals surface area contributed by atoms with E-state index in [0.717, 1.165) is 15.6 Å². The van der Waals surface area contributed by atoms with Crippen molar-refractivity contribution in [2.75, 3.05) is 20.6 Å². The molecule has 150 valence electrons. The summed E-state index contributed by atoms with van der Waals surface area (Å²) in [5.74, 6) is -0.316. The molecule has 0 aliphatic heterocycles. The van der Waals surface area contributed by atoms with Crippen molar-refractivity contribution < 1.29 is 9.59 Å². The highest BCUT2D eigenvalue weighted by atomic mass is 79.9. The van der Waals surface area contributed by atoms with Gasteiger partial charge in [-0.3, -0.25) is 9.59 Å². The molecule has 2 N–H and O–H groups in total. The molecule has 0 radical (unpaired) electrons. The number of halogens is 2. The van der Waals surface area contributed by atoms with E-state index in [9.17, 15) is 9.59 Å². The average molecular weight is 467 g/mol. The van der Waals surface area contributed by atoms with Crippen LogP contribution in [0.1, 0.15) is 36.6 Å². The Hall–Kier alpha value is -1.89. The molecular formula is C21H25BrClN3O2. The number of carbonyl (C=O) groups is 2. The highest BCUT2D eigenvalue weighted by molar-refractivity contribution is 9.10. The second-order valence-electron chi connectivity index (χ2n) is 6.81. The molecule has 2 unspecified atom stereocenters. The van der Waals surface area contributed by atoms with Gasteiger partial charge in [0, 0.05) is 23.0 Å². The van der Waals surface area contributed by atoms with Gasteiger partial charge in [-0.15, -0.1) is 0 Å². The minimum atomic E-state index is -0.385. The molecule has 2 rings (SSSR count). The first-order valence-electron chi connectivity index (χ1n) is 8.98. The van der Waals surface area contributed by atoms with Gasteiger partial charge in [-0.25, -0.2) is 0 Å². The number of hydrogen-bond donors (Lipinski definition) is 2. The van der Waals surface area contributed by atoms with E-state index in [1.54, 1.807) is 0 Å². The van der Waals surface area contributed by atoms with Gasteiger partial charge in [-0.2, -0.15) is 0 Å². The summed E-state index contributed by atoms with van der Waals surface area (Å²) in [6.45, 7) is 1.87. The molecule has 2 aromatic rings. The van der Waals surface area contributed by atoms with Gasteiger partial charge in [0.05, 0.1) is 18.5 Å². The van der Waals surface area contributed by atoms with Gasteiger partial charge in [0.15, 0.2) is 0 Å². The quantitative estimate of drug-likeness (QED) is 0.616. The zero-order valence-electron chi connectivity index (χ0n) is 16.2. The fourth-order valence-electron chi connectivity index (χ4n) is 2.98. The summed E-state index contributed by atoms with van der Waals surface area (Å²) >= 11 is 9.72. The van der Waals surface area contributed by atoms with E-state index < -0.39 is 0 Å². The van der Waals surface area contributed by atoms with Crippen molar-refractivity contribution in [3.05, 3.63) is 69.2 Å². The van der Waals surface area contributed by atoms with Crippen LogP contribution in [-0.2, 0) is 9.59 Å². The Morgan fingerprint density at radius 3 is 2.32 bits per heavy atom. The minimum absolute atomic E-state index is 0.0513. The fraction of sp³-hybridized carbons (Fsp3) is 0.333. The van der Waals surface area contributed by atoms with E-state index in [4.69, 9.17) is 11.6 Å². The first-order valence-corrected chi connectivity index (χ1v) is 10.1. The van der Waals surface area contributed by atoms with Crippen LogP contribution in [0, 0.1) is 0 Å². The largest absolute Gasteiger partial charge is 0.354 e. The predicted molar refractivity (Wildman–Crippen MR) is 116 cm³/mol. The lowest BCUT2D eigenvalue weighted by atomic mass is 10.0. The van der Waals surface area contributed by atoms with Crippen molar-refractivity contribution in [2.24, 2.45) is 0 Å². The van der Waals surface area contributed by atoms with Crippen LogP contribution >= 0.6 is 27.5 Å². The Morgan fingerprint density at radius 2 is 1.75 bits per heavy atom. The maximum atomic E-state index is 12.6. The van der Waals surface area contributed by atoms with Crippen molar-refractivity contribution in [2.45, 2.75) is 25.4 Å². The molecule has 0 spiro atoms. The topological polar surface area (TPSA) is 61.4 Å². The van der Waals surface area contributed by atoms with Crippen molar-refractivity contribution in [3.8, 4) is 0 Å². The molecule has 2 atom stereocenters. The molecule has 0 saturated heterocycles. The number of likely N-dealkylation sites (N-methyl/N-ethyl adjacent to an activating group) is 1. The molecule has 0 saturated carbocycles. The van der Waals surface area contributed by atoms with E-state index in [1.165, 1.54) is 6.92 Å². The molecule has 0 aromatic heterocycles. The molecule has 0 fully saturated rings. The number of nitrogens with zero attached hydrogens (tertiary/aromatic N) is 1. The first kappa shape index (κ1) is 22.4. The summed E-state index contributed by atoms with van der Waals surface area (Å²) in [5, 5.41) is 6.49. The van der Waals surface area contributed by atoms with Crippen molar-refractivity contribution in [1.82, 2.24) is 15.5 Å². The number of rotatable bonds is 8. The molecule has 2 amide bonds. The Kier molecular flexibility index (Phi) is 8.48. The molecular weight excluding hydrogens is 442 g/mol. The van der Waals surface area contributed by atoms with Crippen LogP contribution in [0.25, 0.3) is 0 Å². The summed E-state index contributed by atoms with van der Waals surface area (Å²) in [5.41, 5.74) is 1.84. The Labute approximate surface area is 179 Å². The maximum Gasteiger partial charge on any atom is 0.222 e. The maximum absolute atomic E-state index is 12.6. The van der Waals surface area contributed by atoms with Crippen LogP contribution in [0.3, 0.4) is 0 Å². The molecule has 0 heterocycles. The standard InChI is InChI=1S/C21H25BrClN3O2/c1-14(27)25-19(15-8-10-16(22)11-9-15)12-21(28)24-13-20(26(2)3)17-6-4-5-7-18(17)23/h4-11,19-20H,12-13H2,1-3H3,(H,24,28)(H,25,27). The summed E-state index contributed by atoms with van der Waals surface area (Å²) in [7, 11) is 3.89. The van der Waals surface area contributed by atoms with Crippen LogP contribution in [-0.4, -0.2) is 37.4 Å². The van der Waals surface area contributed by atoms with Gasteiger partial charge >= 0.3 is 0 Å². The predicted octanol–water partition coefficient (Wildman–Crippen LogP) is 4.09. The lowest BCUT2D eigenvalue weighted by Gasteiger charge is -2.26. The molecule has 2 aromatic carbocycles. The SMILES string of the molecule is CC(=O)NC(CC(=O)NCC(c1ccccc1Cl)N(C)C)c1ccc(Br)cc1. The van der Waals surface area contributed by atoms with E-state index in [2.05, 4.69) is 26.6 Å². The second-order valence-corrected chi connectivity index (χ2v) is 8.14. The number of benzene rings is 2. The molecule has 28 heavy (non-hydrogen) atoms. The number of nitrogens with one attached hydrogen (secondary N) is 2. The normalized spacial score (nSPS) is 13.1. The van der Waals surface area contributed by atoms with Crippen molar-refractivity contribution in [1.29, 1.82) is 0 Å². The Balaban J connectivity index is 2.05. The highest BCUT2D eigenvalue weighted by Gasteiger charge is 2.20. The molecule has 0 bridgehead atoms. The Morgan fingerprint density at radius 1 is 1.11 bits per heavy atom. The highest BCUT2D eigenvalue weighted by Crippen LogP contribution is 2.26. The van der Waals surface area contributed by atoms with E-state index in [1.807, 2.05) is 67.5 Å². The zero-order valence-corrected chi connectivity index (χ0v) is 18.5. The molecule has 0 aliphatic rings. The van der Waals surface area contributed by atoms with E-state index in [-0.39, 0.29) is 30.3 Å². The molecule has 7 heteroatoms. The smallest absolute Gasteiger partial charge is 0.222 e. The number of amides is 2. The molecule has 5 nitrogen and oxygen atoms in total. The third-order valence-corrected chi connectivity index (χ3v) is 5.29. The number of hydrogen-bond acceptors (Lipinski definition) is 3. The van der Waals surface area contributed by atoms with Crippen molar-refractivity contribution in [3.63, 3.8) is 0 Å². The monoisotopic (exact) mass is 465 g/mol. The van der Waals surface area contributed by atoms with E-state index in [0.29, 0.717) is 11.6 Å². The van der Waals surface area contributed by atoms with Gasteiger partial charge in [-0.05, 0) is 43.4 Å². The van der Waals surface area contributed by atoms with Crippen LogP contribution in [0.15, 0.2) is 53.0 Å². The second kappa shape index (κ2) is 10.6. The zero-order chi connectivity index (χ0) is 20.7. The fourth-order valence-corrected chi connectivity index (χ4v) is 3.50. The lowest BCUT2D eigenvalue weighted by Crippen LogP contribution is -2.37. The van der Waals surface area contributed by atoms with Gasteiger partial charge in [0.25, 0.3) is 0 Å². The summed E-state index contributed by atoms with van der Waals surface area (Å²) < 4.78 is 0.941. The minimum Gasteiger partial charge on any atom is -0.354 e. The van der Waals surface area contributed by atoms with Crippen molar-refractivity contribution >= 4 is 39.3 Å². The lowest BCUT2D eigenvalue weighted by molar-refractivity contribution is -0.123. The van der Waals surface area contributed by atoms with Crippen LogP contribution < -0.4 is 10.6 Å². The van der Waals surface area contributed by atoms with Crippen LogP contribution in [0.2, 0.25) is 5.02 Å². The third kappa shape index (κ3) is 6.62. The van der Waals surface area contributed by atoms with Gasteiger partial charge in [0.2, 0.25) is 11.8 Å². The summed E-state index contributed by atoms with van der Waals surface area (Å²) in [4.78, 5) is 26.2. The summed E-state index contributed by atoms with van der Waals surface area (Å²) in [6, 6.07) is 14.7. The first-order chi connectivity index (χ1) is 13.3.